The first-order chi connectivity index (χ1) is 19.1. The van der Waals surface area contributed by atoms with Crippen molar-refractivity contribution in [3.8, 4) is 0 Å². The number of sulfonamides is 1. The van der Waals surface area contributed by atoms with Crippen LogP contribution in [0.2, 0.25) is 0 Å². The van der Waals surface area contributed by atoms with Gasteiger partial charge in [-0.1, -0.05) is 42.5 Å². The highest BCUT2D eigenvalue weighted by Crippen LogP contribution is 2.43. The minimum atomic E-state index is -3.80. The Bertz CT molecular complexity index is 1630. The maximum Gasteiger partial charge on any atom is 0.302 e. The number of nitrogens with zero attached hydrogens (tertiary/aromatic N) is 2. The van der Waals surface area contributed by atoms with E-state index in [-0.39, 0.29) is 29.1 Å². The Labute approximate surface area is 233 Å². The smallest absolute Gasteiger partial charge is 0.302 e. The van der Waals surface area contributed by atoms with Crippen LogP contribution in [0.4, 0.5) is 11.4 Å². The number of ether oxygens (including phenoxy) is 1. The Kier molecular flexibility index (Phi) is 7.31. The predicted octanol–water partition coefficient (Wildman–Crippen LogP) is 4.41. The summed E-state index contributed by atoms with van der Waals surface area (Å²) in [5, 5.41) is 3.32. The van der Waals surface area contributed by atoms with Crippen molar-refractivity contribution >= 4 is 50.5 Å². The van der Waals surface area contributed by atoms with Gasteiger partial charge in [0.2, 0.25) is 15.9 Å². The highest BCUT2D eigenvalue weighted by molar-refractivity contribution is 7.89. The van der Waals surface area contributed by atoms with Gasteiger partial charge >= 0.3 is 5.97 Å². The van der Waals surface area contributed by atoms with Gasteiger partial charge in [-0.3, -0.25) is 14.4 Å². The van der Waals surface area contributed by atoms with E-state index in [0.717, 1.165) is 23.3 Å². The van der Waals surface area contributed by atoms with Crippen LogP contribution in [0.15, 0.2) is 77.7 Å². The zero-order valence-corrected chi connectivity index (χ0v) is 23.2. The molecule has 1 N–H and O–H groups in total. The highest BCUT2D eigenvalue weighted by atomic mass is 32.2. The van der Waals surface area contributed by atoms with Crippen LogP contribution in [-0.4, -0.2) is 43.6 Å². The summed E-state index contributed by atoms with van der Waals surface area (Å²) in [6.45, 7) is 2.78. The SMILES string of the molecule is CC(=O)OCc1ccc(N/C(=C2\C(=O)N(C(C)=O)c3ccc(S(=O)(=O)N(C)C4CC4)cc32)c2ccccc2)cc1. The van der Waals surface area contributed by atoms with Crippen LogP contribution in [0.3, 0.4) is 0 Å². The van der Waals surface area contributed by atoms with Crippen LogP contribution in [0.5, 0.6) is 0 Å². The number of amides is 2. The maximum atomic E-state index is 13.8. The summed E-state index contributed by atoms with van der Waals surface area (Å²) in [6, 6.07) is 20.7. The van der Waals surface area contributed by atoms with Crippen LogP contribution in [-0.2, 0) is 35.8 Å². The molecule has 1 fully saturated rings. The molecule has 40 heavy (non-hydrogen) atoms. The number of anilines is 2. The first kappa shape index (κ1) is 27.3. The monoisotopic (exact) mass is 559 g/mol. The lowest BCUT2D eigenvalue weighted by atomic mass is 10.00. The van der Waals surface area contributed by atoms with Crippen LogP contribution in [0.25, 0.3) is 11.3 Å². The quantitative estimate of drug-likeness (QED) is 0.321. The van der Waals surface area contributed by atoms with Crippen molar-refractivity contribution in [1.29, 1.82) is 0 Å². The van der Waals surface area contributed by atoms with Crippen molar-refractivity contribution in [2.75, 3.05) is 17.3 Å². The van der Waals surface area contributed by atoms with Crippen LogP contribution >= 0.6 is 0 Å². The molecule has 2 aliphatic rings. The number of esters is 1. The minimum Gasteiger partial charge on any atom is -0.461 e. The predicted molar refractivity (Wildman–Crippen MR) is 151 cm³/mol. The maximum absolute atomic E-state index is 13.8. The zero-order valence-electron chi connectivity index (χ0n) is 22.4. The molecule has 1 saturated carbocycles. The average Bonchev–Trinajstić information content (AvgIpc) is 3.74. The topological polar surface area (TPSA) is 113 Å². The largest absolute Gasteiger partial charge is 0.461 e. The fraction of sp³-hybridized carbons (Fsp3) is 0.233. The van der Waals surface area contributed by atoms with Crippen molar-refractivity contribution in [3.63, 3.8) is 0 Å². The Morgan fingerprint density at radius 2 is 1.68 bits per heavy atom. The van der Waals surface area contributed by atoms with E-state index < -0.39 is 21.8 Å². The molecule has 206 valence electrons. The van der Waals surface area contributed by atoms with Gasteiger partial charge in [0.25, 0.3) is 5.91 Å². The summed E-state index contributed by atoms with van der Waals surface area (Å²) in [6.07, 6.45) is 1.62. The molecule has 0 saturated heterocycles. The summed E-state index contributed by atoms with van der Waals surface area (Å²) < 4.78 is 33.2. The van der Waals surface area contributed by atoms with E-state index in [4.69, 9.17) is 4.74 Å². The van der Waals surface area contributed by atoms with Crippen molar-refractivity contribution < 1.29 is 27.5 Å². The fourth-order valence-electron chi connectivity index (χ4n) is 4.66. The number of imide groups is 1. The van der Waals surface area contributed by atoms with E-state index in [1.54, 1.807) is 31.3 Å². The molecule has 0 unspecified atom stereocenters. The van der Waals surface area contributed by atoms with Crippen molar-refractivity contribution in [3.05, 3.63) is 89.5 Å². The lowest BCUT2D eigenvalue weighted by Crippen LogP contribution is -2.31. The molecule has 1 aliphatic carbocycles. The van der Waals surface area contributed by atoms with Gasteiger partial charge in [0, 0.05) is 38.2 Å². The van der Waals surface area contributed by atoms with E-state index in [0.29, 0.717) is 28.2 Å². The second-order valence-electron chi connectivity index (χ2n) is 9.81. The molecular formula is C30H29N3O6S. The van der Waals surface area contributed by atoms with Crippen LogP contribution in [0.1, 0.15) is 43.4 Å². The lowest BCUT2D eigenvalue weighted by molar-refractivity contribution is -0.142. The second kappa shape index (κ2) is 10.7. The number of hydrogen-bond donors (Lipinski definition) is 1. The summed E-state index contributed by atoms with van der Waals surface area (Å²) in [7, 11) is -2.24. The van der Waals surface area contributed by atoms with Crippen molar-refractivity contribution in [2.24, 2.45) is 0 Å². The molecule has 1 heterocycles. The molecular weight excluding hydrogens is 530 g/mol. The zero-order chi connectivity index (χ0) is 28.6. The molecule has 0 spiro atoms. The Morgan fingerprint density at radius 1 is 1.00 bits per heavy atom. The Balaban J connectivity index is 1.64. The summed E-state index contributed by atoms with van der Waals surface area (Å²) in [5.74, 6) is -1.41. The molecule has 0 aromatic heterocycles. The Morgan fingerprint density at radius 3 is 2.27 bits per heavy atom. The number of carbonyl (C=O) groups excluding carboxylic acids is 3. The number of benzene rings is 3. The van der Waals surface area contributed by atoms with Gasteiger partial charge in [0.05, 0.1) is 21.9 Å². The van der Waals surface area contributed by atoms with Crippen LogP contribution in [0, 0.1) is 0 Å². The third-order valence-electron chi connectivity index (χ3n) is 6.93. The minimum absolute atomic E-state index is 0.0334. The summed E-state index contributed by atoms with van der Waals surface area (Å²) >= 11 is 0. The molecule has 0 radical (unpaired) electrons. The van der Waals surface area contributed by atoms with Gasteiger partial charge in [-0.15, -0.1) is 0 Å². The highest BCUT2D eigenvalue weighted by Gasteiger charge is 2.40. The fourth-order valence-corrected chi connectivity index (χ4v) is 6.10. The van der Waals surface area contributed by atoms with E-state index in [1.165, 1.54) is 36.4 Å². The first-order valence-electron chi connectivity index (χ1n) is 12.8. The summed E-state index contributed by atoms with van der Waals surface area (Å²) in [5.41, 5.74) is 3.39. The molecule has 3 aromatic rings. The normalized spacial score (nSPS) is 16.1. The van der Waals surface area contributed by atoms with Crippen LogP contribution < -0.4 is 10.2 Å². The third-order valence-corrected chi connectivity index (χ3v) is 8.83. The van der Waals surface area contributed by atoms with Gasteiger partial charge in [-0.25, -0.2) is 13.3 Å². The molecule has 1 aliphatic heterocycles. The number of carbonyl (C=O) groups is 3. The molecule has 2 amide bonds. The molecule has 9 nitrogen and oxygen atoms in total. The van der Waals surface area contributed by atoms with E-state index in [1.807, 2.05) is 30.3 Å². The van der Waals surface area contributed by atoms with Gasteiger partial charge < -0.3 is 10.1 Å². The molecule has 0 bridgehead atoms. The number of rotatable bonds is 8. The van der Waals surface area contributed by atoms with Gasteiger partial charge in [0.1, 0.15) is 6.61 Å². The van der Waals surface area contributed by atoms with E-state index >= 15 is 0 Å². The second-order valence-corrected chi connectivity index (χ2v) is 11.8. The molecule has 3 aromatic carbocycles. The van der Waals surface area contributed by atoms with Crippen molar-refractivity contribution in [2.45, 2.75) is 44.2 Å². The first-order valence-corrected chi connectivity index (χ1v) is 14.3. The lowest BCUT2D eigenvalue weighted by Gasteiger charge is -2.18. The summed E-state index contributed by atoms with van der Waals surface area (Å²) in [4.78, 5) is 38.7. The van der Waals surface area contributed by atoms with Crippen molar-refractivity contribution in [1.82, 2.24) is 4.31 Å². The molecule has 10 heteroatoms. The standard InChI is InChI=1S/C30H29N3O6S/c1-19(34)33-27-16-15-25(40(37,38)32(3)24-13-14-24)17-26(27)28(30(33)36)29(22-7-5-4-6-8-22)31-23-11-9-21(10-12-23)18-39-20(2)35/h4-12,15-17,24,31H,13-14,18H2,1-3H3/b29-28-. The molecule has 0 atom stereocenters. The number of hydrogen-bond acceptors (Lipinski definition) is 7. The van der Waals surface area contributed by atoms with Gasteiger partial charge in [-0.2, -0.15) is 4.31 Å². The number of fused-ring (bicyclic) bond motifs is 1. The van der Waals surface area contributed by atoms with Gasteiger partial charge in [0.15, 0.2) is 0 Å². The number of nitrogens with one attached hydrogen (secondary N) is 1. The molecule has 5 rings (SSSR count). The van der Waals surface area contributed by atoms with E-state index in [2.05, 4.69) is 5.32 Å². The average molecular weight is 560 g/mol. The van der Waals surface area contributed by atoms with E-state index in [9.17, 15) is 22.8 Å². The third kappa shape index (κ3) is 5.28. The Hall–Kier alpha value is -4.28. The van der Waals surface area contributed by atoms with Gasteiger partial charge in [-0.05, 0) is 54.3 Å².